The van der Waals surface area contributed by atoms with Gasteiger partial charge in [0.1, 0.15) is 0 Å². The van der Waals surface area contributed by atoms with Crippen LogP contribution in [0.1, 0.15) is 12.0 Å². The molecule has 0 amide bonds. The van der Waals surface area contributed by atoms with Gasteiger partial charge in [0.05, 0.1) is 16.3 Å². The van der Waals surface area contributed by atoms with Gasteiger partial charge in [-0.1, -0.05) is 18.2 Å². The van der Waals surface area contributed by atoms with Crippen LogP contribution < -0.4 is 0 Å². The Labute approximate surface area is 105 Å². The molecule has 92 valence electrons. The summed E-state index contributed by atoms with van der Waals surface area (Å²) in [5.41, 5.74) is 1.67. The highest BCUT2D eigenvalue weighted by atomic mass is 32.2. The van der Waals surface area contributed by atoms with Crippen molar-refractivity contribution >= 4 is 14.7 Å². The van der Waals surface area contributed by atoms with E-state index in [1.165, 1.54) is 0 Å². The monoisotopic (exact) mass is 260 g/mol. The highest BCUT2D eigenvalue weighted by Crippen LogP contribution is 2.28. The lowest BCUT2D eigenvalue weighted by Gasteiger charge is -2.05. The van der Waals surface area contributed by atoms with Crippen molar-refractivity contribution in [2.24, 2.45) is 0 Å². The fraction of sp³-hybridized carbons (Fsp3) is 0.154. The molecule has 0 saturated carbocycles. The van der Waals surface area contributed by atoms with Crippen LogP contribution in [0.5, 0.6) is 0 Å². The molecule has 2 aromatic rings. The molecule has 4 nitrogen and oxygen atoms in total. The first-order chi connectivity index (χ1) is 8.67. The molecule has 5 heteroatoms. The van der Waals surface area contributed by atoms with Gasteiger partial charge in [-0.05, 0) is 30.2 Å². The summed E-state index contributed by atoms with van der Waals surface area (Å²) in [7, 11) is -3.07. The standard InChI is InChI=1S/C13H12N2O2S/c16-18(17)10-1-3-13(18)11-4-6-12(7-5-11)15-9-2-8-14-15/h2-9H,1,10H2. The molecule has 0 fully saturated rings. The fourth-order valence-corrected chi connectivity index (χ4v) is 3.59. The van der Waals surface area contributed by atoms with E-state index in [2.05, 4.69) is 5.10 Å². The van der Waals surface area contributed by atoms with Crippen molar-refractivity contribution in [3.05, 3.63) is 54.4 Å². The Hall–Kier alpha value is -1.88. The Balaban J connectivity index is 1.98. The van der Waals surface area contributed by atoms with E-state index in [9.17, 15) is 8.42 Å². The van der Waals surface area contributed by atoms with Gasteiger partial charge in [0.2, 0.25) is 0 Å². The smallest absolute Gasteiger partial charge is 0.178 e. The first-order valence-electron chi connectivity index (χ1n) is 5.70. The van der Waals surface area contributed by atoms with E-state index in [0.717, 1.165) is 11.3 Å². The summed E-state index contributed by atoms with van der Waals surface area (Å²) in [4.78, 5) is 0.453. The Bertz CT molecular complexity index is 683. The van der Waals surface area contributed by atoms with Gasteiger partial charge in [-0.2, -0.15) is 5.10 Å². The van der Waals surface area contributed by atoms with Gasteiger partial charge < -0.3 is 0 Å². The predicted molar refractivity (Wildman–Crippen MR) is 69.9 cm³/mol. The second-order valence-corrected chi connectivity index (χ2v) is 6.25. The van der Waals surface area contributed by atoms with E-state index in [1.54, 1.807) is 17.0 Å². The molecule has 0 aliphatic carbocycles. The molecule has 0 atom stereocenters. The van der Waals surface area contributed by atoms with Gasteiger partial charge in [0.25, 0.3) is 0 Å². The summed E-state index contributed by atoms with van der Waals surface area (Å²) in [6.07, 6.45) is 5.95. The first-order valence-corrected chi connectivity index (χ1v) is 7.35. The molecular formula is C13H12N2O2S. The molecule has 18 heavy (non-hydrogen) atoms. The lowest BCUT2D eigenvalue weighted by Crippen LogP contribution is -2.02. The van der Waals surface area contributed by atoms with Crippen LogP contribution in [0.2, 0.25) is 0 Å². The van der Waals surface area contributed by atoms with Crippen molar-refractivity contribution in [2.45, 2.75) is 6.42 Å². The zero-order valence-electron chi connectivity index (χ0n) is 9.65. The second-order valence-electron chi connectivity index (χ2n) is 4.17. The minimum atomic E-state index is -3.07. The minimum absolute atomic E-state index is 0.225. The molecule has 0 bridgehead atoms. The molecule has 1 aliphatic heterocycles. The maximum absolute atomic E-state index is 11.8. The number of nitrogens with zero attached hydrogens (tertiary/aromatic N) is 2. The third kappa shape index (κ3) is 1.86. The van der Waals surface area contributed by atoms with Gasteiger partial charge in [0.15, 0.2) is 9.84 Å². The van der Waals surface area contributed by atoms with Gasteiger partial charge in [0, 0.05) is 12.4 Å². The van der Waals surface area contributed by atoms with Crippen LogP contribution in [0.15, 0.2) is 48.8 Å². The molecular weight excluding hydrogens is 248 g/mol. The number of hydrogen-bond donors (Lipinski definition) is 0. The fourth-order valence-electron chi connectivity index (χ4n) is 2.08. The lowest BCUT2D eigenvalue weighted by atomic mass is 10.2. The molecule has 1 aliphatic rings. The summed E-state index contributed by atoms with van der Waals surface area (Å²) in [5, 5.41) is 4.13. The number of rotatable bonds is 2. The molecule has 2 heterocycles. The molecule has 0 N–H and O–H groups in total. The number of hydrogen-bond acceptors (Lipinski definition) is 3. The van der Waals surface area contributed by atoms with E-state index < -0.39 is 9.84 Å². The molecule has 0 radical (unpaired) electrons. The molecule has 0 spiro atoms. The number of sulfone groups is 1. The lowest BCUT2D eigenvalue weighted by molar-refractivity contribution is 0.607. The first kappa shape index (κ1) is 11.2. The predicted octanol–water partition coefficient (Wildman–Crippen LogP) is 2.03. The molecule has 1 aromatic carbocycles. The summed E-state index contributed by atoms with van der Waals surface area (Å²) in [5.74, 6) is 0.225. The van der Waals surface area contributed by atoms with Crippen molar-refractivity contribution < 1.29 is 8.42 Å². The zero-order chi connectivity index (χ0) is 12.6. The average molecular weight is 260 g/mol. The average Bonchev–Trinajstić information content (AvgIpc) is 2.98. The van der Waals surface area contributed by atoms with Crippen LogP contribution in [-0.2, 0) is 9.84 Å². The third-order valence-electron chi connectivity index (χ3n) is 2.97. The van der Waals surface area contributed by atoms with E-state index in [1.807, 2.05) is 36.5 Å². The summed E-state index contributed by atoms with van der Waals surface area (Å²) in [6.45, 7) is 0. The SMILES string of the molecule is O=S1(=O)CCC=C1c1ccc(-n2cccn2)cc1. The van der Waals surface area contributed by atoms with Crippen molar-refractivity contribution in [1.29, 1.82) is 0 Å². The van der Waals surface area contributed by atoms with Gasteiger partial charge >= 0.3 is 0 Å². The van der Waals surface area contributed by atoms with Gasteiger partial charge in [-0.15, -0.1) is 0 Å². The molecule has 0 saturated heterocycles. The minimum Gasteiger partial charge on any atom is -0.241 e. The Morgan fingerprint density at radius 1 is 1.17 bits per heavy atom. The largest absolute Gasteiger partial charge is 0.241 e. The van der Waals surface area contributed by atoms with E-state index in [4.69, 9.17) is 0 Å². The van der Waals surface area contributed by atoms with E-state index in [-0.39, 0.29) is 5.75 Å². The molecule has 3 rings (SSSR count). The number of allylic oxidation sites excluding steroid dienone is 1. The van der Waals surface area contributed by atoms with Crippen LogP contribution in [0.25, 0.3) is 10.6 Å². The van der Waals surface area contributed by atoms with Crippen LogP contribution in [-0.4, -0.2) is 24.0 Å². The van der Waals surface area contributed by atoms with E-state index >= 15 is 0 Å². The van der Waals surface area contributed by atoms with Gasteiger partial charge in [-0.3, -0.25) is 0 Å². The van der Waals surface area contributed by atoms with E-state index in [0.29, 0.717) is 11.3 Å². The highest BCUT2D eigenvalue weighted by Gasteiger charge is 2.23. The van der Waals surface area contributed by atoms with Crippen molar-refractivity contribution in [2.75, 3.05) is 5.75 Å². The Morgan fingerprint density at radius 2 is 1.94 bits per heavy atom. The van der Waals surface area contributed by atoms with Crippen LogP contribution >= 0.6 is 0 Å². The zero-order valence-corrected chi connectivity index (χ0v) is 10.5. The van der Waals surface area contributed by atoms with Crippen molar-refractivity contribution in [3.8, 4) is 5.69 Å². The van der Waals surface area contributed by atoms with Crippen LogP contribution in [0.3, 0.4) is 0 Å². The van der Waals surface area contributed by atoms with Crippen LogP contribution in [0.4, 0.5) is 0 Å². The number of aromatic nitrogens is 2. The summed E-state index contributed by atoms with van der Waals surface area (Å²) >= 11 is 0. The Morgan fingerprint density at radius 3 is 2.50 bits per heavy atom. The number of benzene rings is 1. The summed E-state index contributed by atoms with van der Waals surface area (Å²) < 4.78 is 25.3. The maximum atomic E-state index is 11.8. The van der Waals surface area contributed by atoms with Gasteiger partial charge in [-0.25, -0.2) is 13.1 Å². The Kier molecular flexibility index (Phi) is 2.56. The molecule has 0 unspecified atom stereocenters. The quantitative estimate of drug-likeness (QED) is 0.830. The van der Waals surface area contributed by atoms with Crippen molar-refractivity contribution in [3.63, 3.8) is 0 Å². The van der Waals surface area contributed by atoms with Crippen LogP contribution in [0, 0.1) is 0 Å². The van der Waals surface area contributed by atoms with Crippen molar-refractivity contribution in [1.82, 2.24) is 9.78 Å². The normalized spacial score (nSPS) is 17.7. The maximum Gasteiger partial charge on any atom is 0.178 e. The highest BCUT2D eigenvalue weighted by molar-refractivity contribution is 8.00. The topological polar surface area (TPSA) is 52.0 Å². The second kappa shape index (κ2) is 4.10. The summed E-state index contributed by atoms with van der Waals surface area (Å²) in [6, 6.07) is 9.24. The molecule has 1 aromatic heterocycles. The third-order valence-corrected chi connectivity index (χ3v) is 4.82.